The Kier molecular flexibility index (Phi) is 3.11. The van der Waals surface area contributed by atoms with Crippen molar-refractivity contribution in [3.63, 3.8) is 0 Å². The van der Waals surface area contributed by atoms with E-state index in [0.29, 0.717) is 0 Å². The van der Waals surface area contributed by atoms with Gasteiger partial charge in [-0.3, -0.25) is 0 Å². The molecule has 0 N–H and O–H groups in total. The van der Waals surface area contributed by atoms with Gasteiger partial charge in [0.2, 0.25) is 0 Å². The van der Waals surface area contributed by atoms with E-state index >= 15 is 0 Å². The third-order valence-electron chi connectivity index (χ3n) is 2.72. The number of hydrogen-bond acceptors (Lipinski definition) is 2. The van der Waals surface area contributed by atoms with Crippen molar-refractivity contribution < 1.29 is 0 Å². The fraction of sp³-hybridized carbons (Fsp3) is 0.333. The van der Waals surface area contributed by atoms with Gasteiger partial charge >= 0.3 is 0 Å². The molecule has 15 heavy (non-hydrogen) atoms. The normalized spacial score (nSPS) is 23.4. The number of fused-ring (bicyclic) bond motifs is 1. The van der Waals surface area contributed by atoms with Crippen molar-refractivity contribution in [3.8, 4) is 0 Å². The maximum atomic E-state index is 5.84. The standard InChI is InChI=1S/C12H16NPS/c1-13(2)8-10-14(15)9-7-11-5-3-4-6-12(11)14/h3-7,9H,8,10H2,1-2H3. The summed E-state index contributed by atoms with van der Waals surface area (Å²) in [5.74, 6) is 2.27. The number of benzene rings is 1. The Bertz CT molecular complexity index is 437. The summed E-state index contributed by atoms with van der Waals surface area (Å²) in [5.41, 5.74) is 1.33. The minimum atomic E-state index is -1.40. The topological polar surface area (TPSA) is 3.24 Å². The van der Waals surface area contributed by atoms with Crippen molar-refractivity contribution in [2.24, 2.45) is 0 Å². The van der Waals surface area contributed by atoms with Crippen LogP contribution in [-0.4, -0.2) is 31.7 Å². The van der Waals surface area contributed by atoms with Crippen molar-refractivity contribution >= 4 is 29.2 Å². The van der Waals surface area contributed by atoms with Gasteiger partial charge in [-0.15, -0.1) is 0 Å². The predicted molar refractivity (Wildman–Crippen MR) is 72.8 cm³/mol. The molecule has 0 amide bonds. The van der Waals surface area contributed by atoms with Crippen LogP contribution in [0.25, 0.3) is 6.08 Å². The van der Waals surface area contributed by atoms with Crippen LogP contribution in [0.4, 0.5) is 0 Å². The molecule has 1 nitrogen and oxygen atoms in total. The van der Waals surface area contributed by atoms with Crippen molar-refractivity contribution in [1.82, 2.24) is 4.90 Å². The van der Waals surface area contributed by atoms with Crippen LogP contribution < -0.4 is 5.30 Å². The molecule has 2 rings (SSSR count). The Morgan fingerprint density at radius 1 is 1.27 bits per heavy atom. The van der Waals surface area contributed by atoms with E-state index in [0.717, 1.165) is 12.7 Å². The Hall–Kier alpha value is -0.430. The first-order valence-electron chi connectivity index (χ1n) is 5.14. The molecule has 1 aromatic rings. The van der Waals surface area contributed by atoms with Gasteiger partial charge in [0.05, 0.1) is 0 Å². The molecular formula is C12H16NPS. The zero-order valence-electron chi connectivity index (χ0n) is 9.18. The van der Waals surface area contributed by atoms with Crippen LogP contribution in [-0.2, 0) is 11.8 Å². The fourth-order valence-corrected chi connectivity index (χ4v) is 5.30. The molecule has 1 heterocycles. The highest BCUT2D eigenvalue weighted by atomic mass is 32.4. The molecule has 1 aliphatic rings. The predicted octanol–water partition coefficient (Wildman–Crippen LogP) is 2.34. The third kappa shape index (κ3) is 2.23. The molecule has 0 aromatic heterocycles. The van der Waals surface area contributed by atoms with Crippen LogP contribution in [0.3, 0.4) is 0 Å². The summed E-state index contributed by atoms with van der Waals surface area (Å²) < 4.78 is 0. The smallest absolute Gasteiger partial charge is 0.00551 e. The molecule has 0 aliphatic carbocycles. The Labute approximate surface area is 96.8 Å². The van der Waals surface area contributed by atoms with E-state index in [1.54, 1.807) is 0 Å². The summed E-state index contributed by atoms with van der Waals surface area (Å²) in [6.07, 6.45) is 3.31. The van der Waals surface area contributed by atoms with Gasteiger partial charge in [-0.1, -0.05) is 42.1 Å². The second kappa shape index (κ2) is 4.21. The summed E-state index contributed by atoms with van der Waals surface area (Å²) in [7, 11) is 4.21. The number of hydrogen-bond donors (Lipinski definition) is 0. The molecule has 3 heteroatoms. The lowest BCUT2D eigenvalue weighted by molar-refractivity contribution is 0.436. The average Bonchev–Trinajstić information content (AvgIpc) is 2.56. The molecule has 0 spiro atoms. The maximum Gasteiger partial charge on any atom is 0.00551 e. The lowest BCUT2D eigenvalue weighted by Gasteiger charge is -2.18. The van der Waals surface area contributed by atoms with Crippen molar-refractivity contribution in [2.75, 3.05) is 26.8 Å². The van der Waals surface area contributed by atoms with Crippen LogP contribution in [0, 0.1) is 0 Å². The fourth-order valence-electron chi connectivity index (χ4n) is 1.80. The summed E-state index contributed by atoms with van der Waals surface area (Å²) in [5, 5.41) is 1.40. The largest absolute Gasteiger partial charge is 0.309 e. The Morgan fingerprint density at radius 3 is 2.73 bits per heavy atom. The Balaban J connectivity index is 2.26. The van der Waals surface area contributed by atoms with Crippen molar-refractivity contribution in [3.05, 3.63) is 35.6 Å². The van der Waals surface area contributed by atoms with Crippen molar-refractivity contribution in [2.45, 2.75) is 0 Å². The second-order valence-corrected chi connectivity index (χ2v) is 8.97. The summed E-state index contributed by atoms with van der Waals surface area (Å²) >= 11 is 5.84. The van der Waals surface area contributed by atoms with Gasteiger partial charge in [-0.05, 0) is 36.9 Å². The van der Waals surface area contributed by atoms with Gasteiger partial charge < -0.3 is 4.90 Å². The van der Waals surface area contributed by atoms with Gasteiger partial charge in [-0.25, -0.2) is 0 Å². The summed E-state index contributed by atoms with van der Waals surface area (Å²) in [6.45, 7) is 1.08. The zero-order chi connectivity index (χ0) is 10.9. The van der Waals surface area contributed by atoms with E-state index in [2.05, 4.69) is 55.2 Å². The maximum absolute atomic E-state index is 5.84. The highest BCUT2D eigenvalue weighted by Crippen LogP contribution is 2.51. The number of nitrogens with zero attached hydrogens (tertiary/aromatic N) is 1. The number of rotatable bonds is 3. The molecular weight excluding hydrogens is 221 g/mol. The molecule has 1 aliphatic heterocycles. The molecule has 0 saturated heterocycles. The molecule has 0 radical (unpaired) electrons. The lowest BCUT2D eigenvalue weighted by Crippen LogP contribution is -2.18. The molecule has 0 bridgehead atoms. The van der Waals surface area contributed by atoms with E-state index in [1.807, 2.05) is 0 Å². The highest BCUT2D eigenvalue weighted by Gasteiger charge is 2.23. The molecule has 1 unspecified atom stereocenters. The van der Waals surface area contributed by atoms with Crippen LogP contribution in [0.1, 0.15) is 5.56 Å². The summed E-state index contributed by atoms with van der Waals surface area (Å²) in [6, 6.07) is 7.14. The molecule has 0 fully saturated rings. The van der Waals surface area contributed by atoms with Crippen LogP contribution in [0.15, 0.2) is 30.1 Å². The minimum Gasteiger partial charge on any atom is -0.309 e. The van der Waals surface area contributed by atoms with E-state index in [-0.39, 0.29) is 0 Å². The first-order valence-corrected chi connectivity index (χ1v) is 8.20. The molecule has 1 aromatic carbocycles. The highest BCUT2D eigenvalue weighted by molar-refractivity contribution is 8.20. The van der Waals surface area contributed by atoms with E-state index in [4.69, 9.17) is 11.8 Å². The molecule has 0 saturated carbocycles. The summed E-state index contributed by atoms with van der Waals surface area (Å²) in [4.78, 5) is 2.21. The van der Waals surface area contributed by atoms with Gasteiger partial charge in [-0.2, -0.15) is 0 Å². The lowest BCUT2D eigenvalue weighted by atomic mass is 10.2. The first-order chi connectivity index (χ1) is 7.12. The quantitative estimate of drug-likeness (QED) is 0.742. The van der Waals surface area contributed by atoms with Crippen LogP contribution >= 0.6 is 6.04 Å². The van der Waals surface area contributed by atoms with Gasteiger partial charge in [0.1, 0.15) is 0 Å². The van der Waals surface area contributed by atoms with E-state index in [1.165, 1.54) is 10.9 Å². The second-order valence-electron chi connectivity index (χ2n) is 4.20. The monoisotopic (exact) mass is 237 g/mol. The van der Waals surface area contributed by atoms with E-state index in [9.17, 15) is 0 Å². The Morgan fingerprint density at radius 2 is 2.00 bits per heavy atom. The van der Waals surface area contributed by atoms with Crippen molar-refractivity contribution in [1.29, 1.82) is 0 Å². The van der Waals surface area contributed by atoms with Crippen LogP contribution in [0.5, 0.6) is 0 Å². The van der Waals surface area contributed by atoms with E-state index < -0.39 is 6.04 Å². The SMILES string of the molecule is CN(C)CCP1(=S)C=Cc2ccccc21. The molecule has 80 valence electrons. The van der Waals surface area contributed by atoms with Crippen LogP contribution in [0.2, 0.25) is 0 Å². The zero-order valence-corrected chi connectivity index (χ0v) is 10.9. The first kappa shape index (κ1) is 11.1. The third-order valence-corrected chi connectivity index (χ3v) is 6.94. The molecule has 1 atom stereocenters. The van der Waals surface area contributed by atoms with Gasteiger partial charge in [0, 0.05) is 12.6 Å². The average molecular weight is 237 g/mol. The van der Waals surface area contributed by atoms with Gasteiger partial charge in [0.25, 0.3) is 0 Å². The minimum absolute atomic E-state index is 1.08. The van der Waals surface area contributed by atoms with Gasteiger partial charge in [0.15, 0.2) is 0 Å².